The highest BCUT2D eigenvalue weighted by Gasteiger charge is 2.30. The fraction of sp³-hybridized carbons (Fsp3) is 0.500. The van der Waals surface area contributed by atoms with E-state index < -0.39 is 23.8 Å². The molecule has 3 N–H and O–H groups in total. The molecule has 1 amide bonds. The largest absolute Gasteiger partial charge is 0.484 e. The molecular formula is C14H18ClF3N2O3. The zero-order valence-electron chi connectivity index (χ0n) is 12.1. The second-order valence-electron chi connectivity index (χ2n) is 5.10. The van der Waals surface area contributed by atoms with Crippen molar-refractivity contribution < 1.29 is 27.8 Å². The number of alkyl halides is 3. The molecule has 2 atom stereocenters. The van der Waals surface area contributed by atoms with Crippen LogP contribution in [0, 0.1) is 5.92 Å². The predicted octanol–water partition coefficient (Wildman–Crippen LogP) is 1.20. The number of hydrogen-bond acceptors (Lipinski definition) is 4. The number of aliphatic hydroxyl groups is 1. The predicted molar refractivity (Wildman–Crippen MR) is 79.6 cm³/mol. The maximum absolute atomic E-state index is 12.5. The van der Waals surface area contributed by atoms with Crippen LogP contribution < -0.4 is 15.4 Å². The molecule has 0 saturated carbocycles. The number of benzene rings is 1. The molecule has 130 valence electrons. The molecule has 1 aliphatic rings. The van der Waals surface area contributed by atoms with Crippen LogP contribution in [0.4, 0.5) is 13.2 Å². The topological polar surface area (TPSA) is 70.6 Å². The second kappa shape index (κ2) is 8.37. The van der Waals surface area contributed by atoms with Crippen molar-refractivity contribution in [1.29, 1.82) is 0 Å². The highest BCUT2D eigenvalue weighted by molar-refractivity contribution is 5.85. The fourth-order valence-corrected chi connectivity index (χ4v) is 2.13. The molecule has 2 rings (SSSR count). The van der Waals surface area contributed by atoms with Crippen LogP contribution in [-0.4, -0.2) is 43.4 Å². The van der Waals surface area contributed by atoms with Gasteiger partial charge in [0.05, 0.1) is 11.7 Å². The van der Waals surface area contributed by atoms with Crippen LogP contribution in [0.5, 0.6) is 5.75 Å². The molecule has 1 aliphatic heterocycles. The first-order chi connectivity index (χ1) is 10.4. The third kappa shape index (κ3) is 5.89. The van der Waals surface area contributed by atoms with Crippen molar-refractivity contribution in [1.82, 2.24) is 10.6 Å². The summed E-state index contributed by atoms with van der Waals surface area (Å²) in [6.45, 7) is 1.01. The average Bonchev–Trinajstić information content (AvgIpc) is 2.88. The van der Waals surface area contributed by atoms with E-state index in [1.165, 1.54) is 12.1 Å². The highest BCUT2D eigenvalue weighted by atomic mass is 35.5. The monoisotopic (exact) mass is 354 g/mol. The maximum atomic E-state index is 12.5. The molecule has 5 nitrogen and oxygen atoms in total. The standard InChI is InChI=1S/C14H17F3N2O3.ClH/c15-14(16,17)10-2-1-3-11(4-10)22-8-13(21)19-6-9-5-18-7-12(9)20;/h1-4,9,12,18,20H,5-8H2,(H,19,21);1H. The van der Waals surface area contributed by atoms with E-state index >= 15 is 0 Å². The molecule has 1 aromatic carbocycles. The number of halogens is 4. The van der Waals surface area contributed by atoms with Crippen molar-refractivity contribution in [3.63, 3.8) is 0 Å². The fourth-order valence-electron chi connectivity index (χ4n) is 2.13. The normalized spacial score (nSPS) is 20.7. The first kappa shape index (κ1) is 19.5. The Hall–Kier alpha value is -1.51. The number of nitrogens with one attached hydrogen (secondary N) is 2. The minimum Gasteiger partial charge on any atom is -0.484 e. The van der Waals surface area contributed by atoms with E-state index in [4.69, 9.17) is 4.74 Å². The van der Waals surface area contributed by atoms with Gasteiger partial charge in [0.2, 0.25) is 0 Å². The van der Waals surface area contributed by atoms with E-state index in [9.17, 15) is 23.1 Å². The van der Waals surface area contributed by atoms with Crippen LogP contribution in [0.15, 0.2) is 24.3 Å². The second-order valence-corrected chi connectivity index (χ2v) is 5.10. The minimum atomic E-state index is -4.45. The van der Waals surface area contributed by atoms with Crippen LogP contribution in [0.2, 0.25) is 0 Å². The molecule has 0 radical (unpaired) electrons. The lowest BCUT2D eigenvalue weighted by atomic mass is 10.1. The average molecular weight is 355 g/mol. The molecule has 0 spiro atoms. The minimum absolute atomic E-state index is 0. The van der Waals surface area contributed by atoms with E-state index in [0.29, 0.717) is 19.6 Å². The zero-order chi connectivity index (χ0) is 16.2. The van der Waals surface area contributed by atoms with Crippen molar-refractivity contribution >= 4 is 18.3 Å². The summed E-state index contributed by atoms with van der Waals surface area (Å²) < 4.78 is 42.7. The summed E-state index contributed by atoms with van der Waals surface area (Å²) in [4.78, 5) is 11.6. The molecular weight excluding hydrogens is 337 g/mol. The van der Waals surface area contributed by atoms with Gasteiger partial charge in [-0.15, -0.1) is 12.4 Å². The summed E-state index contributed by atoms with van der Waals surface area (Å²) in [5, 5.41) is 15.1. The number of β-amino-alcohol motifs (C(OH)–C–C–N with tert-alkyl or cyclic N) is 1. The quantitative estimate of drug-likeness (QED) is 0.743. The lowest BCUT2D eigenvalue weighted by Crippen LogP contribution is -2.36. The Labute approximate surface area is 137 Å². The Balaban J connectivity index is 0.00000264. The lowest BCUT2D eigenvalue weighted by Gasteiger charge is -2.14. The third-order valence-electron chi connectivity index (χ3n) is 3.40. The van der Waals surface area contributed by atoms with Gasteiger partial charge in [0.1, 0.15) is 5.75 Å². The summed E-state index contributed by atoms with van der Waals surface area (Å²) in [5.41, 5.74) is -0.828. The molecule has 1 heterocycles. The molecule has 0 bridgehead atoms. The Morgan fingerprint density at radius 1 is 1.39 bits per heavy atom. The Kier molecular flexibility index (Phi) is 7.11. The highest BCUT2D eigenvalue weighted by Crippen LogP contribution is 2.31. The molecule has 1 saturated heterocycles. The van der Waals surface area contributed by atoms with Crippen molar-refractivity contribution in [2.45, 2.75) is 12.3 Å². The Morgan fingerprint density at radius 2 is 2.13 bits per heavy atom. The number of hydrogen-bond donors (Lipinski definition) is 3. The van der Waals surface area contributed by atoms with E-state index in [1.54, 1.807) is 0 Å². The summed E-state index contributed by atoms with van der Waals surface area (Å²) >= 11 is 0. The number of amides is 1. The van der Waals surface area contributed by atoms with Gasteiger partial charge in [-0.3, -0.25) is 4.79 Å². The third-order valence-corrected chi connectivity index (χ3v) is 3.40. The number of carbonyl (C=O) groups excluding carboxylic acids is 1. The van der Waals surface area contributed by atoms with Gasteiger partial charge in [-0.25, -0.2) is 0 Å². The number of ether oxygens (including phenoxy) is 1. The van der Waals surface area contributed by atoms with Crippen molar-refractivity contribution in [2.24, 2.45) is 5.92 Å². The molecule has 1 aromatic rings. The first-order valence-corrected chi connectivity index (χ1v) is 6.82. The zero-order valence-corrected chi connectivity index (χ0v) is 12.9. The van der Waals surface area contributed by atoms with Gasteiger partial charge < -0.3 is 20.5 Å². The molecule has 9 heteroatoms. The van der Waals surface area contributed by atoms with Crippen LogP contribution >= 0.6 is 12.4 Å². The Bertz CT molecular complexity index is 528. The summed E-state index contributed by atoms with van der Waals surface area (Å²) in [6.07, 6.45) is -4.96. The SMILES string of the molecule is Cl.O=C(COc1cccc(C(F)(F)F)c1)NCC1CNCC1O. The first-order valence-electron chi connectivity index (χ1n) is 6.82. The van der Waals surface area contributed by atoms with Gasteiger partial charge in [0.15, 0.2) is 6.61 Å². The smallest absolute Gasteiger partial charge is 0.416 e. The maximum Gasteiger partial charge on any atom is 0.416 e. The van der Waals surface area contributed by atoms with Gasteiger partial charge >= 0.3 is 6.18 Å². The lowest BCUT2D eigenvalue weighted by molar-refractivity contribution is -0.137. The molecule has 0 aromatic heterocycles. The molecule has 0 aliphatic carbocycles. The van der Waals surface area contributed by atoms with Crippen molar-refractivity contribution in [2.75, 3.05) is 26.2 Å². The van der Waals surface area contributed by atoms with Crippen LogP contribution in [0.3, 0.4) is 0 Å². The van der Waals surface area contributed by atoms with Crippen LogP contribution in [-0.2, 0) is 11.0 Å². The van der Waals surface area contributed by atoms with Crippen molar-refractivity contribution in [3.8, 4) is 5.75 Å². The summed E-state index contributed by atoms with van der Waals surface area (Å²) in [5.74, 6) is -0.540. The van der Waals surface area contributed by atoms with E-state index in [1.807, 2.05) is 0 Å². The molecule has 23 heavy (non-hydrogen) atoms. The molecule has 1 fully saturated rings. The van der Waals surface area contributed by atoms with E-state index in [-0.39, 0.29) is 30.7 Å². The summed E-state index contributed by atoms with van der Waals surface area (Å²) in [7, 11) is 0. The van der Waals surface area contributed by atoms with Gasteiger partial charge in [-0.05, 0) is 18.2 Å². The van der Waals surface area contributed by atoms with E-state index in [0.717, 1.165) is 12.1 Å². The van der Waals surface area contributed by atoms with Gasteiger partial charge in [-0.2, -0.15) is 13.2 Å². The van der Waals surface area contributed by atoms with Crippen molar-refractivity contribution in [3.05, 3.63) is 29.8 Å². The number of aliphatic hydroxyl groups excluding tert-OH is 1. The molecule has 2 unspecified atom stereocenters. The van der Waals surface area contributed by atoms with Gasteiger partial charge in [0.25, 0.3) is 5.91 Å². The van der Waals surface area contributed by atoms with E-state index in [2.05, 4.69) is 10.6 Å². The number of rotatable bonds is 5. The van der Waals surface area contributed by atoms with Crippen LogP contribution in [0.25, 0.3) is 0 Å². The number of carbonyl (C=O) groups is 1. The van der Waals surface area contributed by atoms with Crippen LogP contribution in [0.1, 0.15) is 5.56 Å². The Morgan fingerprint density at radius 3 is 2.74 bits per heavy atom. The summed E-state index contributed by atoms with van der Waals surface area (Å²) in [6, 6.07) is 4.35. The van der Waals surface area contributed by atoms with Gasteiger partial charge in [-0.1, -0.05) is 6.07 Å². The van der Waals surface area contributed by atoms with Gasteiger partial charge in [0, 0.05) is 25.6 Å².